The van der Waals surface area contributed by atoms with Gasteiger partial charge in [0, 0.05) is 13.1 Å². The van der Waals surface area contributed by atoms with E-state index in [1.165, 1.54) is 62.0 Å². The molecule has 30 heavy (non-hydrogen) atoms. The quantitative estimate of drug-likeness (QED) is 0.633. The second-order valence-electron chi connectivity index (χ2n) is 9.29. The zero-order chi connectivity index (χ0) is 20.9. The Bertz CT molecular complexity index is 838. The smallest absolute Gasteiger partial charge is 0.227 e. The number of rotatable bonds is 8. The van der Waals surface area contributed by atoms with Gasteiger partial charge in [-0.3, -0.25) is 4.79 Å². The van der Waals surface area contributed by atoms with E-state index in [1.807, 2.05) is 11.0 Å². The molecule has 4 rings (SSSR count). The summed E-state index contributed by atoms with van der Waals surface area (Å²) < 4.78 is 13.5. The fourth-order valence-electron chi connectivity index (χ4n) is 4.40. The molecule has 3 nitrogen and oxygen atoms in total. The maximum atomic E-state index is 13.5. The van der Waals surface area contributed by atoms with E-state index in [0.29, 0.717) is 12.5 Å². The number of hydrogen-bond acceptors (Lipinski definition) is 2. The monoisotopic (exact) mass is 408 g/mol. The van der Waals surface area contributed by atoms with Crippen molar-refractivity contribution in [3.63, 3.8) is 0 Å². The molecule has 1 saturated heterocycles. The number of carbonyl (C=O) groups excluding carboxylic acids is 1. The molecule has 1 saturated carbocycles. The summed E-state index contributed by atoms with van der Waals surface area (Å²) in [5.41, 5.74) is 3.32. The summed E-state index contributed by atoms with van der Waals surface area (Å²) in [6.45, 7) is 3.85. The minimum atomic E-state index is -0.283. The Morgan fingerprint density at radius 3 is 2.33 bits per heavy atom. The normalized spacial score (nSPS) is 17.8. The van der Waals surface area contributed by atoms with E-state index in [0.717, 1.165) is 24.4 Å². The Morgan fingerprint density at radius 1 is 0.967 bits per heavy atom. The zero-order valence-corrected chi connectivity index (χ0v) is 18.0. The Hall–Kier alpha value is -2.20. The molecule has 160 valence electrons. The van der Waals surface area contributed by atoms with Gasteiger partial charge in [-0.15, -0.1) is 0 Å². The van der Waals surface area contributed by atoms with E-state index in [9.17, 15) is 9.18 Å². The standard InChI is InChI=1S/C26H33FN2O/c1-28-13-11-21(12-14-28)15-20-5-7-22(8-6-20)18-29(19-23-9-10-23)26(30)17-24-3-2-4-25(27)16-24/h2-8,16,21,23H,9-15,17-19H2,1H3. The van der Waals surface area contributed by atoms with Crippen molar-refractivity contribution < 1.29 is 9.18 Å². The molecule has 2 aromatic carbocycles. The van der Waals surface area contributed by atoms with Crippen LogP contribution < -0.4 is 0 Å². The first kappa shape index (κ1) is 21.0. The van der Waals surface area contributed by atoms with Gasteiger partial charge in [0.1, 0.15) is 5.82 Å². The molecule has 0 spiro atoms. The largest absolute Gasteiger partial charge is 0.338 e. The number of amides is 1. The maximum Gasteiger partial charge on any atom is 0.227 e. The van der Waals surface area contributed by atoms with Crippen LogP contribution >= 0.6 is 0 Å². The van der Waals surface area contributed by atoms with E-state index in [4.69, 9.17) is 0 Å². The number of piperidine rings is 1. The molecule has 1 amide bonds. The third-order valence-corrected chi connectivity index (χ3v) is 6.53. The number of halogens is 1. The lowest BCUT2D eigenvalue weighted by Gasteiger charge is -2.29. The molecule has 1 aliphatic carbocycles. The molecule has 0 atom stereocenters. The summed E-state index contributed by atoms with van der Waals surface area (Å²) >= 11 is 0. The van der Waals surface area contributed by atoms with Crippen LogP contribution in [0.25, 0.3) is 0 Å². The van der Waals surface area contributed by atoms with Crippen LogP contribution in [0.2, 0.25) is 0 Å². The highest BCUT2D eigenvalue weighted by atomic mass is 19.1. The van der Waals surface area contributed by atoms with Gasteiger partial charge in [-0.2, -0.15) is 0 Å². The van der Waals surface area contributed by atoms with Gasteiger partial charge in [0.25, 0.3) is 0 Å². The molecular formula is C26H33FN2O. The number of carbonyl (C=O) groups is 1. The van der Waals surface area contributed by atoms with Gasteiger partial charge in [-0.1, -0.05) is 36.4 Å². The van der Waals surface area contributed by atoms with Crippen molar-refractivity contribution in [3.8, 4) is 0 Å². The third-order valence-electron chi connectivity index (χ3n) is 6.53. The highest BCUT2D eigenvalue weighted by molar-refractivity contribution is 5.78. The first-order valence-corrected chi connectivity index (χ1v) is 11.3. The summed E-state index contributed by atoms with van der Waals surface area (Å²) in [5.74, 6) is 1.22. The molecular weight excluding hydrogens is 375 g/mol. The Labute approximate surface area is 179 Å². The molecule has 0 aromatic heterocycles. The SMILES string of the molecule is CN1CCC(Cc2ccc(CN(CC3CC3)C(=O)Cc3cccc(F)c3)cc2)CC1. The van der Waals surface area contributed by atoms with E-state index in [2.05, 4.69) is 36.2 Å². The van der Waals surface area contributed by atoms with Crippen LogP contribution in [0.15, 0.2) is 48.5 Å². The number of benzene rings is 2. The van der Waals surface area contributed by atoms with Crippen molar-refractivity contribution in [1.82, 2.24) is 9.80 Å². The summed E-state index contributed by atoms with van der Waals surface area (Å²) in [4.78, 5) is 17.3. The Morgan fingerprint density at radius 2 is 1.67 bits per heavy atom. The molecule has 0 radical (unpaired) electrons. The van der Waals surface area contributed by atoms with E-state index in [1.54, 1.807) is 6.07 Å². The molecule has 2 aromatic rings. The molecule has 0 N–H and O–H groups in total. The fraction of sp³-hybridized carbons (Fsp3) is 0.500. The van der Waals surface area contributed by atoms with Crippen molar-refractivity contribution in [2.75, 3.05) is 26.7 Å². The average molecular weight is 409 g/mol. The molecule has 0 bridgehead atoms. The minimum absolute atomic E-state index is 0.0860. The van der Waals surface area contributed by atoms with E-state index < -0.39 is 0 Å². The van der Waals surface area contributed by atoms with Gasteiger partial charge in [-0.05, 0) is 92.9 Å². The Balaban J connectivity index is 1.36. The van der Waals surface area contributed by atoms with Crippen molar-refractivity contribution in [1.29, 1.82) is 0 Å². The van der Waals surface area contributed by atoms with Gasteiger partial charge in [-0.25, -0.2) is 4.39 Å². The molecule has 4 heteroatoms. The van der Waals surface area contributed by atoms with Crippen molar-refractivity contribution in [2.24, 2.45) is 11.8 Å². The van der Waals surface area contributed by atoms with E-state index in [-0.39, 0.29) is 18.1 Å². The van der Waals surface area contributed by atoms with Gasteiger partial charge in [0.15, 0.2) is 0 Å². The fourth-order valence-corrected chi connectivity index (χ4v) is 4.40. The number of nitrogens with zero attached hydrogens (tertiary/aromatic N) is 2. The minimum Gasteiger partial charge on any atom is -0.338 e. The predicted octanol–water partition coefficient (Wildman–Crippen LogP) is 4.69. The topological polar surface area (TPSA) is 23.6 Å². The second kappa shape index (κ2) is 9.74. The molecule has 2 fully saturated rings. The first-order valence-electron chi connectivity index (χ1n) is 11.3. The molecule has 1 aliphatic heterocycles. The zero-order valence-electron chi connectivity index (χ0n) is 18.0. The molecule has 2 aliphatic rings. The van der Waals surface area contributed by atoms with Crippen LogP contribution in [-0.2, 0) is 24.2 Å². The third kappa shape index (κ3) is 6.15. The van der Waals surface area contributed by atoms with E-state index >= 15 is 0 Å². The van der Waals surface area contributed by atoms with Crippen LogP contribution in [0.1, 0.15) is 42.4 Å². The van der Waals surface area contributed by atoms with Crippen LogP contribution in [0.4, 0.5) is 4.39 Å². The van der Waals surface area contributed by atoms with Crippen LogP contribution in [0, 0.1) is 17.7 Å². The second-order valence-corrected chi connectivity index (χ2v) is 9.29. The highest BCUT2D eigenvalue weighted by Crippen LogP contribution is 2.30. The molecule has 0 unspecified atom stereocenters. The summed E-state index contributed by atoms with van der Waals surface area (Å²) in [6, 6.07) is 15.2. The van der Waals surface area contributed by atoms with Crippen molar-refractivity contribution in [2.45, 2.75) is 45.1 Å². The average Bonchev–Trinajstić information content (AvgIpc) is 3.55. The van der Waals surface area contributed by atoms with Crippen LogP contribution in [-0.4, -0.2) is 42.4 Å². The summed E-state index contributed by atoms with van der Waals surface area (Å²) in [5, 5.41) is 0. The number of likely N-dealkylation sites (tertiary alicyclic amines) is 1. The van der Waals surface area contributed by atoms with Gasteiger partial charge in [0.05, 0.1) is 6.42 Å². The summed E-state index contributed by atoms with van der Waals surface area (Å²) in [6.07, 6.45) is 6.39. The van der Waals surface area contributed by atoms with Gasteiger partial charge >= 0.3 is 0 Å². The van der Waals surface area contributed by atoms with Gasteiger partial charge < -0.3 is 9.80 Å². The Kier molecular flexibility index (Phi) is 6.83. The van der Waals surface area contributed by atoms with Crippen molar-refractivity contribution >= 4 is 5.91 Å². The predicted molar refractivity (Wildman–Crippen MR) is 119 cm³/mol. The van der Waals surface area contributed by atoms with Crippen molar-refractivity contribution in [3.05, 3.63) is 71.0 Å². The van der Waals surface area contributed by atoms with Crippen LogP contribution in [0.3, 0.4) is 0 Å². The lowest BCUT2D eigenvalue weighted by molar-refractivity contribution is -0.131. The highest BCUT2D eigenvalue weighted by Gasteiger charge is 2.27. The van der Waals surface area contributed by atoms with Crippen LogP contribution in [0.5, 0.6) is 0 Å². The lowest BCUT2D eigenvalue weighted by Crippen LogP contribution is -2.33. The van der Waals surface area contributed by atoms with Gasteiger partial charge in [0.2, 0.25) is 5.91 Å². The first-order chi connectivity index (χ1) is 14.5. The lowest BCUT2D eigenvalue weighted by atomic mass is 9.90. The molecule has 1 heterocycles. The summed E-state index contributed by atoms with van der Waals surface area (Å²) in [7, 11) is 2.20. The maximum absolute atomic E-state index is 13.5. The number of hydrogen-bond donors (Lipinski definition) is 0.